The molecule has 0 radical (unpaired) electrons. The molecule has 0 saturated heterocycles. The lowest BCUT2D eigenvalue weighted by molar-refractivity contribution is 0.736. The summed E-state index contributed by atoms with van der Waals surface area (Å²) in [6.07, 6.45) is 0.858. The van der Waals surface area contributed by atoms with Crippen LogP contribution in [0, 0.1) is 6.92 Å². The summed E-state index contributed by atoms with van der Waals surface area (Å²) in [4.78, 5) is 1.14. The normalized spacial score (nSPS) is 12.7. The molecule has 0 aliphatic heterocycles. The highest BCUT2D eigenvalue weighted by molar-refractivity contribution is 7.16. The number of thiophene rings is 1. The summed E-state index contributed by atoms with van der Waals surface area (Å²) in [7, 11) is 0. The Balaban J connectivity index is 2.07. The van der Waals surface area contributed by atoms with Gasteiger partial charge in [-0.15, -0.1) is 11.3 Å². The lowest BCUT2D eigenvalue weighted by Gasteiger charge is -2.09. The topological polar surface area (TPSA) is 26.0 Å². The van der Waals surface area contributed by atoms with E-state index in [0.29, 0.717) is 0 Å². The molecule has 1 unspecified atom stereocenters. The molecule has 1 aromatic carbocycles. The Morgan fingerprint density at radius 1 is 1.19 bits per heavy atom. The fraction of sp³-hybridized carbons (Fsp3) is 0.231. The highest BCUT2D eigenvalue weighted by atomic mass is 35.5. The summed E-state index contributed by atoms with van der Waals surface area (Å²) in [6, 6.07) is 12.4. The highest BCUT2D eigenvalue weighted by Gasteiger charge is 2.09. The van der Waals surface area contributed by atoms with Gasteiger partial charge < -0.3 is 5.73 Å². The average Bonchev–Trinajstić information content (AvgIpc) is 2.68. The Kier molecular flexibility index (Phi) is 3.64. The van der Waals surface area contributed by atoms with Crippen LogP contribution in [0.3, 0.4) is 0 Å². The van der Waals surface area contributed by atoms with E-state index in [1.54, 1.807) is 11.3 Å². The van der Waals surface area contributed by atoms with Crippen LogP contribution in [0.5, 0.6) is 0 Å². The van der Waals surface area contributed by atoms with Crippen molar-refractivity contribution in [2.24, 2.45) is 5.73 Å². The van der Waals surface area contributed by atoms with Gasteiger partial charge in [-0.2, -0.15) is 0 Å². The molecule has 84 valence electrons. The first kappa shape index (κ1) is 11.6. The Hall–Kier alpha value is -0.830. The maximum absolute atomic E-state index is 6.13. The number of hydrogen-bond acceptors (Lipinski definition) is 2. The largest absolute Gasteiger partial charge is 0.323 e. The number of halogens is 1. The van der Waals surface area contributed by atoms with Crippen molar-refractivity contribution in [2.45, 2.75) is 19.4 Å². The van der Waals surface area contributed by atoms with Crippen molar-refractivity contribution in [1.29, 1.82) is 0 Å². The van der Waals surface area contributed by atoms with Gasteiger partial charge >= 0.3 is 0 Å². The van der Waals surface area contributed by atoms with E-state index in [1.807, 2.05) is 12.1 Å². The molecule has 2 rings (SSSR count). The molecule has 3 heteroatoms. The van der Waals surface area contributed by atoms with Crippen molar-refractivity contribution < 1.29 is 0 Å². The smallest absolute Gasteiger partial charge is 0.0931 e. The van der Waals surface area contributed by atoms with Crippen LogP contribution in [-0.4, -0.2) is 0 Å². The molecule has 1 atom stereocenters. The molecule has 0 saturated carbocycles. The van der Waals surface area contributed by atoms with E-state index in [9.17, 15) is 0 Å². The average molecular weight is 252 g/mol. The van der Waals surface area contributed by atoms with Crippen LogP contribution in [-0.2, 0) is 6.42 Å². The first-order valence-corrected chi connectivity index (χ1v) is 6.41. The van der Waals surface area contributed by atoms with Gasteiger partial charge in [-0.3, -0.25) is 0 Å². The summed E-state index contributed by atoms with van der Waals surface area (Å²) < 4.78 is 0.800. The molecule has 16 heavy (non-hydrogen) atoms. The summed E-state index contributed by atoms with van der Waals surface area (Å²) in [5.41, 5.74) is 8.67. The van der Waals surface area contributed by atoms with Crippen molar-refractivity contribution in [3.05, 3.63) is 56.7 Å². The minimum atomic E-state index is 0.0419. The monoisotopic (exact) mass is 251 g/mol. The minimum Gasteiger partial charge on any atom is -0.323 e. The molecule has 1 nitrogen and oxygen atoms in total. The minimum absolute atomic E-state index is 0.0419. The van der Waals surface area contributed by atoms with E-state index in [2.05, 4.69) is 31.2 Å². The molecule has 0 fully saturated rings. The Bertz CT molecular complexity index is 461. The van der Waals surface area contributed by atoms with Gasteiger partial charge in [0, 0.05) is 10.9 Å². The zero-order chi connectivity index (χ0) is 11.5. The fourth-order valence-corrected chi connectivity index (χ4v) is 2.67. The molecule has 0 aliphatic carbocycles. The molecular formula is C13H14ClNS. The SMILES string of the molecule is Cc1ccc(CC(N)c2ccc(Cl)s2)cc1. The van der Waals surface area contributed by atoms with Gasteiger partial charge in [-0.1, -0.05) is 41.4 Å². The molecule has 0 aliphatic rings. The number of hydrogen-bond donors (Lipinski definition) is 1. The molecular weight excluding hydrogens is 238 g/mol. The van der Waals surface area contributed by atoms with E-state index in [4.69, 9.17) is 17.3 Å². The Morgan fingerprint density at radius 3 is 2.44 bits per heavy atom. The Labute approximate surface area is 105 Å². The van der Waals surface area contributed by atoms with Crippen LogP contribution < -0.4 is 5.73 Å². The van der Waals surface area contributed by atoms with Crippen molar-refractivity contribution in [2.75, 3.05) is 0 Å². The van der Waals surface area contributed by atoms with Crippen molar-refractivity contribution >= 4 is 22.9 Å². The fourth-order valence-electron chi connectivity index (χ4n) is 1.61. The van der Waals surface area contributed by atoms with E-state index in [1.165, 1.54) is 11.1 Å². The second-order valence-electron chi connectivity index (χ2n) is 3.94. The third kappa shape index (κ3) is 2.85. The van der Waals surface area contributed by atoms with Gasteiger partial charge in [0.25, 0.3) is 0 Å². The van der Waals surface area contributed by atoms with Crippen molar-refractivity contribution in [3.63, 3.8) is 0 Å². The highest BCUT2D eigenvalue weighted by Crippen LogP contribution is 2.27. The van der Waals surface area contributed by atoms with Crippen LogP contribution in [0.1, 0.15) is 22.0 Å². The standard InChI is InChI=1S/C13H14ClNS/c1-9-2-4-10(5-3-9)8-11(15)12-6-7-13(14)16-12/h2-7,11H,8,15H2,1H3. The molecule has 0 bridgehead atoms. The quantitative estimate of drug-likeness (QED) is 0.878. The molecule has 0 amide bonds. The summed E-state index contributed by atoms with van der Waals surface area (Å²) >= 11 is 7.45. The summed E-state index contributed by atoms with van der Waals surface area (Å²) in [6.45, 7) is 2.09. The first-order valence-electron chi connectivity index (χ1n) is 5.21. The van der Waals surface area contributed by atoms with E-state index < -0.39 is 0 Å². The third-order valence-corrected chi connectivity index (χ3v) is 3.90. The van der Waals surface area contributed by atoms with E-state index >= 15 is 0 Å². The summed E-state index contributed by atoms with van der Waals surface area (Å²) in [5.74, 6) is 0. The Morgan fingerprint density at radius 2 is 1.88 bits per heavy atom. The van der Waals surface area contributed by atoms with Crippen LogP contribution >= 0.6 is 22.9 Å². The van der Waals surface area contributed by atoms with Crippen LogP contribution in [0.2, 0.25) is 4.34 Å². The van der Waals surface area contributed by atoms with Gasteiger partial charge in [0.15, 0.2) is 0 Å². The summed E-state index contributed by atoms with van der Waals surface area (Å²) in [5, 5.41) is 0. The van der Waals surface area contributed by atoms with Crippen LogP contribution in [0.4, 0.5) is 0 Å². The number of aryl methyl sites for hydroxylation is 1. The molecule has 0 spiro atoms. The van der Waals surface area contributed by atoms with Gasteiger partial charge in [0.2, 0.25) is 0 Å². The number of nitrogens with two attached hydrogens (primary N) is 1. The van der Waals surface area contributed by atoms with Gasteiger partial charge in [0.1, 0.15) is 0 Å². The zero-order valence-corrected chi connectivity index (χ0v) is 10.7. The predicted molar refractivity (Wildman–Crippen MR) is 71.1 cm³/mol. The van der Waals surface area contributed by atoms with Gasteiger partial charge in [0.05, 0.1) is 4.34 Å². The molecule has 2 aromatic rings. The molecule has 1 heterocycles. The molecule has 2 N–H and O–H groups in total. The van der Waals surface area contributed by atoms with Crippen molar-refractivity contribution in [3.8, 4) is 0 Å². The number of benzene rings is 1. The zero-order valence-electron chi connectivity index (χ0n) is 9.11. The maximum Gasteiger partial charge on any atom is 0.0931 e. The second kappa shape index (κ2) is 5.00. The molecule has 1 aromatic heterocycles. The van der Waals surface area contributed by atoms with E-state index in [0.717, 1.165) is 15.6 Å². The lowest BCUT2D eigenvalue weighted by Crippen LogP contribution is -2.11. The second-order valence-corrected chi connectivity index (χ2v) is 5.68. The lowest BCUT2D eigenvalue weighted by atomic mass is 10.0. The number of rotatable bonds is 3. The van der Waals surface area contributed by atoms with Gasteiger partial charge in [-0.25, -0.2) is 0 Å². The maximum atomic E-state index is 6.13. The van der Waals surface area contributed by atoms with Gasteiger partial charge in [-0.05, 0) is 31.0 Å². The van der Waals surface area contributed by atoms with Crippen LogP contribution in [0.15, 0.2) is 36.4 Å². The van der Waals surface area contributed by atoms with Crippen molar-refractivity contribution in [1.82, 2.24) is 0 Å². The third-order valence-electron chi connectivity index (χ3n) is 2.54. The van der Waals surface area contributed by atoms with Crippen LogP contribution in [0.25, 0.3) is 0 Å². The predicted octanol–water partition coefficient (Wildman–Crippen LogP) is 3.95. The van der Waals surface area contributed by atoms with E-state index in [-0.39, 0.29) is 6.04 Å². The first-order chi connectivity index (χ1) is 7.65.